The Bertz CT molecular complexity index is 2210. The number of hydrogen-bond acceptors (Lipinski definition) is 6. The fraction of sp³-hybridized carbons (Fsp3) is 0.125. The lowest BCUT2D eigenvalue weighted by Gasteiger charge is -2.11. The van der Waals surface area contributed by atoms with Crippen molar-refractivity contribution < 1.29 is 59.4 Å². The molecule has 306 valence electrons. The lowest BCUT2D eigenvalue weighted by molar-refractivity contribution is 0.0684. The second-order valence-corrected chi connectivity index (χ2v) is 14.1. The normalized spacial score (nSPS) is 10.3. The summed E-state index contributed by atoms with van der Waals surface area (Å²) < 4.78 is 0. The van der Waals surface area contributed by atoms with Gasteiger partial charge in [0.05, 0.1) is 33.4 Å². The van der Waals surface area contributed by atoms with E-state index in [1.807, 2.05) is 0 Å². The van der Waals surface area contributed by atoms with Crippen molar-refractivity contribution in [1.82, 2.24) is 0 Å². The van der Waals surface area contributed by atoms with Crippen molar-refractivity contribution >= 4 is 35.8 Å². The average molecular weight is 811 g/mol. The number of carbonyl (C=O) groups is 6. The van der Waals surface area contributed by atoms with Gasteiger partial charge in [-0.25, -0.2) is 28.8 Å². The van der Waals surface area contributed by atoms with Gasteiger partial charge in [-0.1, -0.05) is 106 Å². The maximum absolute atomic E-state index is 11.3. The molecule has 0 amide bonds. The number of aromatic carboxylic acids is 6. The van der Waals surface area contributed by atoms with Crippen LogP contribution in [-0.4, -0.2) is 66.5 Å². The number of aryl methyl sites for hydroxylation is 6. The van der Waals surface area contributed by atoms with E-state index in [0.29, 0.717) is 33.4 Å². The highest BCUT2D eigenvalue weighted by atomic mass is 16.4. The highest BCUT2D eigenvalue weighted by Crippen LogP contribution is 2.32. The van der Waals surface area contributed by atoms with Crippen LogP contribution in [-0.2, 0) is 0 Å². The van der Waals surface area contributed by atoms with E-state index in [4.69, 9.17) is 0 Å². The molecule has 0 unspecified atom stereocenters. The van der Waals surface area contributed by atoms with E-state index in [-0.39, 0.29) is 33.4 Å². The summed E-state index contributed by atoms with van der Waals surface area (Å²) in [6.07, 6.45) is 0. The monoisotopic (exact) mass is 810 g/mol. The first kappa shape index (κ1) is 44.8. The zero-order valence-corrected chi connectivity index (χ0v) is 33.5. The van der Waals surface area contributed by atoms with Crippen LogP contribution in [0.2, 0.25) is 0 Å². The van der Waals surface area contributed by atoms with Crippen molar-refractivity contribution in [3.05, 3.63) is 176 Å². The Balaban J connectivity index is 0.000000198. The molecular formula is C48H42O12. The van der Waals surface area contributed by atoms with Crippen LogP contribution in [0.3, 0.4) is 0 Å². The second-order valence-electron chi connectivity index (χ2n) is 14.1. The van der Waals surface area contributed by atoms with Gasteiger partial charge in [-0.05, 0) is 111 Å². The second kappa shape index (κ2) is 19.1. The first-order valence-corrected chi connectivity index (χ1v) is 18.2. The summed E-state index contributed by atoms with van der Waals surface area (Å²) in [5, 5.41) is 55.7. The SMILES string of the molecule is Cc1ccc(-c2ccc(C)cc2C(=O)O)c(C(=O)O)c1.Cc1ccc(-c2ccc(C)cc2C(=O)O)c(C(=O)O)c1.Cc1ccc(-c2ccc(C)cc2C(=O)O)c(C(=O)O)c1. The molecule has 60 heavy (non-hydrogen) atoms. The molecule has 0 aliphatic rings. The molecule has 0 saturated carbocycles. The molecule has 6 N–H and O–H groups in total. The first-order chi connectivity index (χ1) is 28.2. The molecule has 0 radical (unpaired) electrons. The third kappa shape index (κ3) is 10.7. The standard InChI is InChI=1S/3C16H14O4/c3*1-9-3-5-11(13(7-9)15(17)18)12-6-4-10(2)8-14(12)16(19)20/h3*3-8H,1-2H3,(H,17,18)(H,19,20). The van der Waals surface area contributed by atoms with E-state index >= 15 is 0 Å². The molecule has 0 spiro atoms. The van der Waals surface area contributed by atoms with E-state index in [2.05, 4.69) is 0 Å². The van der Waals surface area contributed by atoms with Crippen LogP contribution >= 0.6 is 0 Å². The van der Waals surface area contributed by atoms with E-state index in [1.165, 1.54) is 0 Å². The zero-order valence-electron chi connectivity index (χ0n) is 33.5. The van der Waals surface area contributed by atoms with E-state index in [1.54, 1.807) is 151 Å². The minimum Gasteiger partial charge on any atom is -0.478 e. The predicted molar refractivity (Wildman–Crippen MR) is 226 cm³/mol. The fourth-order valence-corrected chi connectivity index (χ4v) is 6.42. The van der Waals surface area contributed by atoms with Gasteiger partial charge in [-0.15, -0.1) is 0 Å². The summed E-state index contributed by atoms with van der Waals surface area (Å²) in [5.74, 6) is -6.41. The highest BCUT2D eigenvalue weighted by molar-refractivity contribution is 6.04. The van der Waals surface area contributed by atoms with Gasteiger partial charge in [0.1, 0.15) is 0 Å². The van der Waals surface area contributed by atoms with E-state index in [0.717, 1.165) is 33.4 Å². The zero-order chi connectivity index (χ0) is 44.6. The fourth-order valence-electron chi connectivity index (χ4n) is 6.42. The summed E-state index contributed by atoms with van der Waals surface area (Å²) in [7, 11) is 0. The van der Waals surface area contributed by atoms with Crippen molar-refractivity contribution in [2.75, 3.05) is 0 Å². The third-order valence-electron chi connectivity index (χ3n) is 9.30. The average Bonchev–Trinajstić information content (AvgIpc) is 3.18. The summed E-state index contributed by atoms with van der Waals surface area (Å²) >= 11 is 0. The number of benzene rings is 6. The van der Waals surface area contributed by atoms with Crippen LogP contribution in [0.15, 0.2) is 109 Å². The molecular weight excluding hydrogens is 769 g/mol. The minimum atomic E-state index is -1.07. The van der Waals surface area contributed by atoms with Gasteiger partial charge in [0.2, 0.25) is 0 Å². The smallest absolute Gasteiger partial charge is 0.336 e. The summed E-state index contributed by atoms with van der Waals surface area (Å²) in [6.45, 7) is 10.8. The largest absolute Gasteiger partial charge is 0.478 e. The molecule has 0 fully saturated rings. The Kier molecular flexibility index (Phi) is 14.2. The Morgan fingerprint density at radius 3 is 0.467 bits per heavy atom. The van der Waals surface area contributed by atoms with Gasteiger partial charge in [0.15, 0.2) is 0 Å². The van der Waals surface area contributed by atoms with Crippen LogP contribution in [0, 0.1) is 41.5 Å². The Morgan fingerprint density at radius 2 is 0.367 bits per heavy atom. The summed E-state index contributed by atoms with van der Waals surface area (Å²) in [6, 6.07) is 29.8. The lowest BCUT2D eigenvalue weighted by atomic mass is 9.93. The lowest BCUT2D eigenvalue weighted by Crippen LogP contribution is -2.05. The van der Waals surface area contributed by atoms with Crippen molar-refractivity contribution in [3.63, 3.8) is 0 Å². The highest BCUT2D eigenvalue weighted by Gasteiger charge is 2.20. The maximum Gasteiger partial charge on any atom is 0.336 e. The molecule has 12 nitrogen and oxygen atoms in total. The third-order valence-corrected chi connectivity index (χ3v) is 9.30. The molecule has 6 rings (SSSR count). The summed E-state index contributed by atoms with van der Waals surface area (Å²) in [5.41, 5.74) is 8.04. The van der Waals surface area contributed by atoms with Gasteiger partial charge in [0, 0.05) is 0 Å². The van der Waals surface area contributed by atoms with Crippen molar-refractivity contribution in [3.8, 4) is 33.4 Å². The van der Waals surface area contributed by atoms with Crippen LogP contribution < -0.4 is 0 Å². The molecule has 0 saturated heterocycles. The van der Waals surface area contributed by atoms with Crippen molar-refractivity contribution in [2.45, 2.75) is 41.5 Å². The van der Waals surface area contributed by atoms with Gasteiger partial charge >= 0.3 is 35.8 Å². The van der Waals surface area contributed by atoms with Crippen molar-refractivity contribution in [1.29, 1.82) is 0 Å². The Hall–Kier alpha value is -7.86. The van der Waals surface area contributed by atoms with E-state index in [9.17, 15) is 59.4 Å². The molecule has 12 heteroatoms. The number of carboxylic acid groups (broad SMARTS) is 6. The van der Waals surface area contributed by atoms with Gasteiger partial charge in [0.25, 0.3) is 0 Å². The molecule has 0 atom stereocenters. The Labute approximate surface area is 345 Å². The molecule has 0 aromatic heterocycles. The predicted octanol–water partition coefficient (Wildman–Crippen LogP) is 10.1. The van der Waals surface area contributed by atoms with Gasteiger partial charge in [-0.3, -0.25) is 0 Å². The molecule has 0 bridgehead atoms. The van der Waals surface area contributed by atoms with E-state index < -0.39 is 35.8 Å². The molecule has 6 aromatic rings. The number of carboxylic acids is 6. The number of hydrogen-bond donors (Lipinski definition) is 6. The van der Waals surface area contributed by atoms with Crippen LogP contribution in [0.1, 0.15) is 95.5 Å². The molecule has 6 aromatic carbocycles. The molecule has 0 aliphatic carbocycles. The van der Waals surface area contributed by atoms with Crippen molar-refractivity contribution in [2.24, 2.45) is 0 Å². The topological polar surface area (TPSA) is 224 Å². The van der Waals surface area contributed by atoms with Crippen LogP contribution in [0.25, 0.3) is 33.4 Å². The van der Waals surface area contributed by atoms with Gasteiger partial charge < -0.3 is 30.6 Å². The minimum absolute atomic E-state index is 0.108. The van der Waals surface area contributed by atoms with Gasteiger partial charge in [-0.2, -0.15) is 0 Å². The first-order valence-electron chi connectivity index (χ1n) is 18.2. The molecule has 0 heterocycles. The summed E-state index contributed by atoms with van der Waals surface area (Å²) in [4.78, 5) is 68.1. The Morgan fingerprint density at radius 1 is 0.250 bits per heavy atom. The van der Waals surface area contributed by atoms with Crippen LogP contribution in [0.4, 0.5) is 0 Å². The number of rotatable bonds is 9. The maximum atomic E-state index is 11.3. The van der Waals surface area contributed by atoms with Crippen LogP contribution in [0.5, 0.6) is 0 Å². The quantitative estimate of drug-likeness (QED) is 0.0802. The molecule has 0 aliphatic heterocycles.